The highest BCUT2D eigenvalue weighted by atomic mass is 14.3. The Bertz CT molecular complexity index is 228. The van der Waals surface area contributed by atoms with Gasteiger partial charge in [0.1, 0.15) is 0 Å². The van der Waals surface area contributed by atoms with Crippen LogP contribution in [0, 0.1) is 17.2 Å². The number of nitriles is 1. The van der Waals surface area contributed by atoms with E-state index in [2.05, 4.69) is 19.2 Å². The molecule has 0 aromatic carbocycles. The van der Waals surface area contributed by atoms with Crippen LogP contribution in [0.3, 0.4) is 0 Å². The smallest absolute Gasteiger partial charge is 0.0700 e. The molecule has 0 saturated heterocycles. The Balaban J connectivity index is 4.10. The zero-order chi connectivity index (χ0) is 8.85. The highest BCUT2D eigenvalue weighted by Gasteiger charge is 1.99. The Morgan fingerprint density at radius 1 is 1.45 bits per heavy atom. The van der Waals surface area contributed by atoms with Gasteiger partial charge in [-0.15, -0.1) is 0 Å². The van der Waals surface area contributed by atoms with Crippen LogP contribution in [0.5, 0.6) is 0 Å². The van der Waals surface area contributed by atoms with E-state index in [-0.39, 0.29) is 5.92 Å². The van der Waals surface area contributed by atoms with Crippen LogP contribution >= 0.6 is 0 Å². The number of hydrogen-bond donors (Lipinski definition) is 0. The highest BCUT2D eigenvalue weighted by Crippen LogP contribution is 2.08. The Morgan fingerprint density at radius 2 is 2.00 bits per heavy atom. The fraction of sp³-hybridized carbons (Fsp3) is 0.300. The van der Waals surface area contributed by atoms with E-state index in [1.807, 2.05) is 26.0 Å². The second-order valence-corrected chi connectivity index (χ2v) is 2.61. The van der Waals surface area contributed by atoms with Crippen LogP contribution in [0.2, 0.25) is 0 Å². The molecular weight excluding hydrogens is 134 g/mol. The van der Waals surface area contributed by atoms with Crippen molar-refractivity contribution < 1.29 is 0 Å². The third-order valence-electron chi connectivity index (χ3n) is 1.33. The second-order valence-electron chi connectivity index (χ2n) is 2.61. The van der Waals surface area contributed by atoms with Gasteiger partial charge in [-0.2, -0.15) is 5.26 Å². The number of nitrogens with zero attached hydrogens (tertiary/aromatic N) is 1. The summed E-state index contributed by atoms with van der Waals surface area (Å²) in [6, 6.07) is 2.11. The standard InChI is InChI=1S/C10H13N/c1-8(2)5-6-9(3)10(4)7-11/h5-6,10H,1,3H2,2,4H3/b6-5-. The molecule has 0 heterocycles. The molecule has 1 heteroatoms. The normalized spacial score (nSPS) is 12.5. The molecule has 0 radical (unpaired) electrons. The van der Waals surface area contributed by atoms with Crippen LogP contribution in [-0.4, -0.2) is 0 Å². The first kappa shape index (κ1) is 9.71. The van der Waals surface area contributed by atoms with Gasteiger partial charge in [0, 0.05) is 0 Å². The van der Waals surface area contributed by atoms with Gasteiger partial charge >= 0.3 is 0 Å². The summed E-state index contributed by atoms with van der Waals surface area (Å²) in [6.07, 6.45) is 3.69. The van der Waals surface area contributed by atoms with E-state index in [1.54, 1.807) is 0 Å². The lowest BCUT2D eigenvalue weighted by Crippen LogP contribution is -1.90. The fourth-order valence-electron chi connectivity index (χ4n) is 0.477. The maximum atomic E-state index is 8.50. The van der Waals surface area contributed by atoms with Crippen molar-refractivity contribution in [1.29, 1.82) is 5.26 Å². The molecule has 0 aromatic rings. The summed E-state index contributed by atoms with van der Waals surface area (Å²) in [5.74, 6) is -0.106. The minimum Gasteiger partial charge on any atom is -0.198 e. The summed E-state index contributed by atoms with van der Waals surface area (Å²) < 4.78 is 0. The molecule has 1 nitrogen and oxygen atoms in total. The molecule has 11 heavy (non-hydrogen) atoms. The molecular formula is C10H13N. The summed E-state index contributed by atoms with van der Waals surface area (Å²) in [7, 11) is 0. The summed E-state index contributed by atoms with van der Waals surface area (Å²) in [4.78, 5) is 0. The van der Waals surface area contributed by atoms with Crippen molar-refractivity contribution in [2.45, 2.75) is 13.8 Å². The molecule has 0 fully saturated rings. The molecule has 58 valence electrons. The highest BCUT2D eigenvalue weighted by molar-refractivity contribution is 5.27. The van der Waals surface area contributed by atoms with Crippen LogP contribution in [0.25, 0.3) is 0 Å². The van der Waals surface area contributed by atoms with Gasteiger partial charge in [0.25, 0.3) is 0 Å². The van der Waals surface area contributed by atoms with Gasteiger partial charge in [-0.05, 0) is 19.4 Å². The van der Waals surface area contributed by atoms with Crippen molar-refractivity contribution in [3.63, 3.8) is 0 Å². The molecule has 0 N–H and O–H groups in total. The fourth-order valence-corrected chi connectivity index (χ4v) is 0.477. The Morgan fingerprint density at radius 3 is 2.36 bits per heavy atom. The van der Waals surface area contributed by atoms with Gasteiger partial charge in [0.05, 0.1) is 12.0 Å². The number of rotatable bonds is 3. The van der Waals surface area contributed by atoms with Crippen molar-refractivity contribution >= 4 is 0 Å². The minimum atomic E-state index is -0.106. The third kappa shape index (κ3) is 4.16. The van der Waals surface area contributed by atoms with Crippen LogP contribution in [-0.2, 0) is 0 Å². The predicted octanol–water partition coefficient (Wildman–Crippen LogP) is 2.83. The Labute approximate surface area is 68.3 Å². The van der Waals surface area contributed by atoms with Crippen LogP contribution in [0.1, 0.15) is 13.8 Å². The van der Waals surface area contributed by atoms with Crippen molar-refractivity contribution in [1.82, 2.24) is 0 Å². The van der Waals surface area contributed by atoms with Crippen molar-refractivity contribution in [3.8, 4) is 6.07 Å². The molecule has 0 rings (SSSR count). The van der Waals surface area contributed by atoms with E-state index in [0.29, 0.717) is 0 Å². The first-order valence-electron chi connectivity index (χ1n) is 3.50. The predicted molar refractivity (Wildman–Crippen MR) is 47.9 cm³/mol. The van der Waals surface area contributed by atoms with E-state index in [9.17, 15) is 0 Å². The van der Waals surface area contributed by atoms with E-state index in [4.69, 9.17) is 5.26 Å². The molecule has 1 atom stereocenters. The van der Waals surface area contributed by atoms with Crippen LogP contribution in [0.15, 0.2) is 36.5 Å². The summed E-state index contributed by atoms with van der Waals surface area (Å²) in [5, 5.41) is 8.50. The molecule has 0 aliphatic heterocycles. The molecule has 0 aliphatic carbocycles. The maximum absolute atomic E-state index is 8.50. The third-order valence-corrected chi connectivity index (χ3v) is 1.33. The van der Waals surface area contributed by atoms with Gasteiger partial charge in [-0.25, -0.2) is 0 Å². The lowest BCUT2D eigenvalue weighted by atomic mass is 10.0. The number of allylic oxidation sites excluding steroid dienone is 4. The van der Waals surface area contributed by atoms with Gasteiger partial charge in [0.2, 0.25) is 0 Å². The summed E-state index contributed by atoms with van der Waals surface area (Å²) in [6.45, 7) is 11.2. The lowest BCUT2D eigenvalue weighted by molar-refractivity contribution is 0.912. The van der Waals surface area contributed by atoms with Gasteiger partial charge in [-0.1, -0.05) is 30.9 Å². The quantitative estimate of drug-likeness (QED) is 0.563. The average Bonchev–Trinajstić information content (AvgIpc) is 1.98. The Hall–Kier alpha value is -1.29. The molecule has 0 spiro atoms. The monoisotopic (exact) mass is 147 g/mol. The topological polar surface area (TPSA) is 23.8 Å². The van der Waals surface area contributed by atoms with Gasteiger partial charge in [-0.3, -0.25) is 0 Å². The second kappa shape index (κ2) is 4.51. The van der Waals surface area contributed by atoms with Crippen LogP contribution in [0.4, 0.5) is 0 Å². The van der Waals surface area contributed by atoms with Gasteiger partial charge in [0.15, 0.2) is 0 Å². The van der Waals surface area contributed by atoms with Crippen LogP contribution < -0.4 is 0 Å². The first-order valence-corrected chi connectivity index (χ1v) is 3.50. The van der Waals surface area contributed by atoms with Crippen molar-refractivity contribution in [2.75, 3.05) is 0 Å². The van der Waals surface area contributed by atoms with Crippen molar-refractivity contribution in [2.24, 2.45) is 5.92 Å². The minimum absolute atomic E-state index is 0.106. The molecule has 0 bridgehead atoms. The molecule has 0 amide bonds. The zero-order valence-electron chi connectivity index (χ0n) is 7.09. The average molecular weight is 147 g/mol. The van der Waals surface area contributed by atoms with E-state index >= 15 is 0 Å². The van der Waals surface area contributed by atoms with E-state index < -0.39 is 0 Å². The number of hydrogen-bond acceptors (Lipinski definition) is 1. The first-order chi connectivity index (χ1) is 5.07. The SMILES string of the molecule is C=C(C)/C=C\C(=C)C(C)C#N. The molecule has 0 saturated carbocycles. The zero-order valence-corrected chi connectivity index (χ0v) is 7.09. The summed E-state index contributed by atoms with van der Waals surface area (Å²) >= 11 is 0. The van der Waals surface area contributed by atoms with Gasteiger partial charge < -0.3 is 0 Å². The molecule has 1 unspecified atom stereocenters. The maximum Gasteiger partial charge on any atom is 0.0700 e. The van der Waals surface area contributed by atoms with E-state index in [1.165, 1.54) is 0 Å². The molecule has 0 aromatic heterocycles. The molecule has 0 aliphatic rings. The Kier molecular flexibility index (Phi) is 3.98. The lowest BCUT2D eigenvalue weighted by Gasteiger charge is -1.98. The van der Waals surface area contributed by atoms with E-state index in [0.717, 1.165) is 11.1 Å². The largest absolute Gasteiger partial charge is 0.198 e. The van der Waals surface area contributed by atoms with Crippen molar-refractivity contribution in [3.05, 3.63) is 36.5 Å². The summed E-state index contributed by atoms with van der Waals surface area (Å²) in [5.41, 5.74) is 1.80.